The van der Waals surface area contributed by atoms with Crippen LogP contribution in [0.25, 0.3) is 0 Å². The molecule has 1 aromatic rings. The third-order valence-electron chi connectivity index (χ3n) is 4.38. The van der Waals surface area contributed by atoms with Gasteiger partial charge in [0.25, 0.3) is 0 Å². The van der Waals surface area contributed by atoms with E-state index in [0.717, 1.165) is 29.7 Å². The number of hydrogen-bond donors (Lipinski definition) is 2. The number of halogens is 1. The Kier molecular flexibility index (Phi) is 7.34. The number of benzene rings is 1. The van der Waals surface area contributed by atoms with E-state index in [1.54, 1.807) is 23.9 Å². The second-order valence-corrected chi connectivity index (χ2v) is 9.97. The molecule has 1 aliphatic rings. The average Bonchev–Trinajstić information content (AvgIpc) is 3.29. The zero-order valence-corrected chi connectivity index (χ0v) is 17.3. The van der Waals surface area contributed by atoms with Gasteiger partial charge in [-0.3, -0.25) is 0 Å². The van der Waals surface area contributed by atoms with E-state index in [1.807, 2.05) is 13.2 Å². The molecule has 8 heteroatoms. The second-order valence-electron chi connectivity index (χ2n) is 6.96. The van der Waals surface area contributed by atoms with Gasteiger partial charge in [0.1, 0.15) is 15.7 Å². The lowest BCUT2D eigenvalue weighted by Gasteiger charge is -2.18. The lowest BCUT2D eigenvalue weighted by molar-refractivity contribution is 0.529. The van der Waals surface area contributed by atoms with Gasteiger partial charge in [-0.1, -0.05) is 6.07 Å². The Labute approximate surface area is 160 Å². The summed E-state index contributed by atoms with van der Waals surface area (Å²) >= 11 is 1.65. The van der Waals surface area contributed by atoms with Gasteiger partial charge in [-0.25, -0.2) is 17.8 Å². The number of hydrogen-bond acceptors (Lipinski definition) is 4. The maximum atomic E-state index is 13.5. The zero-order chi connectivity index (χ0) is 19.2. The van der Waals surface area contributed by atoms with Gasteiger partial charge in [-0.2, -0.15) is 11.8 Å². The van der Waals surface area contributed by atoms with Crippen LogP contribution < -0.4 is 10.6 Å². The molecular formula is C18H28FN3O2S2. The van der Waals surface area contributed by atoms with Crippen molar-refractivity contribution in [2.45, 2.75) is 32.1 Å². The fourth-order valence-corrected chi connectivity index (χ4v) is 5.00. The molecule has 0 heterocycles. The highest BCUT2D eigenvalue weighted by molar-refractivity contribution is 7.97. The summed E-state index contributed by atoms with van der Waals surface area (Å²) in [6.45, 7) is 3.74. The molecule has 0 amide bonds. The highest BCUT2D eigenvalue weighted by atomic mass is 32.2. The average molecular weight is 402 g/mol. The van der Waals surface area contributed by atoms with E-state index >= 15 is 0 Å². The maximum absolute atomic E-state index is 13.5. The van der Waals surface area contributed by atoms with Gasteiger partial charge in [-0.15, -0.1) is 0 Å². The van der Waals surface area contributed by atoms with Crippen LogP contribution in [0, 0.1) is 11.2 Å². The van der Waals surface area contributed by atoms with Crippen LogP contribution in [-0.2, 0) is 22.1 Å². The van der Waals surface area contributed by atoms with E-state index < -0.39 is 9.84 Å². The van der Waals surface area contributed by atoms with Crippen molar-refractivity contribution in [3.63, 3.8) is 0 Å². The van der Waals surface area contributed by atoms with Crippen molar-refractivity contribution in [1.29, 1.82) is 0 Å². The molecule has 0 radical (unpaired) electrons. The summed E-state index contributed by atoms with van der Waals surface area (Å²) < 4.78 is 36.6. The number of sulfone groups is 1. The minimum Gasteiger partial charge on any atom is -0.357 e. The minimum atomic E-state index is -2.99. The van der Waals surface area contributed by atoms with E-state index in [-0.39, 0.29) is 17.0 Å². The van der Waals surface area contributed by atoms with Crippen molar-refractivity contribution in [2.75, 3.05) is 31.4 Å². The zero-order valence-electron chi connectivity index (χ0n) is 15.6. The molecule has 2 N–H and O–H groups in total. The van der Waals surface area contributed by atoms with Crippen molar-refractivity contribution < 1.29 is 12.8 Å². The monoisotopic (exact) mass is 401 g/mol. The molecule has 1 aromatic carbocycles. The Bertz CT molecular complexity index is 747. The Balaban J connectivity index is 2.03. The Morgan fingerprint density at radius 3 is 2.62 bits per heavy atom. The number of rotatable bonds is 9. The van der Waals surface area contributed by atoms with Crippen molar-refractivity contribution in [2.24, 2.45) is 10.4 Å². The highest BCUT2D eigenvalue weighted by Gasteiger charge is 2.45. The largest absolute Gasteiger partial charge is 0.357 e. The second kappa shape index (κ2) is 9.08. The smallest absolute Gasteiger partial charge is 0.191 e. The van der Waals surface area contributed by atoms with Crippen LogP contribution in [-0.4, -0.2) is 45.7 Å². The fraction of sp³-hybridized carbons (Fsp3) is 0.611. The van der Waals surface area contributed by atoms with Gasteiger partial charge in [0, 0.05) is 30.5 Å². The molecule has 0 bridgehead atoms. The summed E-state index contributed by atoms with van der Waals surface area (Å²) in [5.74, 6) is 1.38. The molecule has 5 nitrogen and oxygen atoms in total. The number of aliphatic imine (C=N–C) groups is 1. The van der Waals surface area contributed by atoms with Crippen LogP contribution in [0.5, 0.6) is 0 Å². The Hall–Kier alpha value is -1.28. The van der Waals surface area contributed by atoms with E-state index in [9.17, 15) is 12.8 Å². The van der Waals surface area contributed by atoms with Crippen LogP contribution in [0.3, 0.4) is 0 Å². The molecule has 146 valence electrons. The lowest BCUT2D eigenvalue weighted by Crippen LogP contribution is -2.41. The molecule has 0 aliphatic heterocycles. The van der Waals surface area contributed by atoms with E-state index in [0.29, 0.717) is 25.6 Å². The first-order valence-electron chi connectivity index (χ1n) is 8.73. The van der Waals surface area contributed by atoms with E-state index in [1.165, 1.54) is 12.3 Å². The standard InChI is InChI=1S/C18H28FN3O2S2/c1-4-20-17(22-12-18(7-8-18)13-26(3,23)24)21-10-14-5-6-16(19)9-15(14)11-25-2/h5-6,9H,4,7-8,10-13H2,1-3H3,(H2,20,21,22). The molecule has 0 unspecified atom stereocenters. The van der Waals surface area contributed by atoms with E-state index in [2.05, 4.69) is 15.6 Å². The van der Waals surface area contributed by atoms with Crippen LogP contribution in [0.4, 0.5) is 4.39 Å². The normalized spacial score (nSPS) is 16.4. The van der Waals surface area contributed by atoms with Crippen LogP contribution >= 0.6 is 11.8 Å². The maximum Gasteiger partial charge on any atom is 0.191 e. The van der Waals surface area contributed by atoms with Gasteiger partial charge in [-0.05, 0) is 49.3 Å². The van der Waals surface area contributed by atoms with Gasteiger partial charge < -0.3 is 10.6 Å². The minimum absolute atomic E-state index is 0.163. The summed E-state index contributed by atoms with van der Waals surface area (Å²) in [5, 5.41) is 6.46. The number of nitrogens with zero attached hydrogens (tertiary/aromatic N) is 1. The summed E-state index contributed by atoms with van der Waals surface area (Å²) in [6, 6.07) is 4.80. The summed E-state index contributed by atoms with van der Waals surface area (Å²) in [5.41, 5.74) is 1.78. The first-order chi connectivity index (χ1) is 12.3. The molecule has 1 saturated carbocycles. The van der Waals surface area contributed by atoms with Gasteiger partial charge >= 0.3 is 0 Å². The molecule has 0 aromatic heterocycles. The highest BCUT2D eigenvalue weighted by Crippen LogP contribution is 2.45. The van der Waals surface area contributed by atoms with Crippen molar-refractivity contribution >= 4 is 27.6 Å². The van der Waals surface area contributed by atoms with Gasteiger partial charge in [0.15, 0.2) is 5.96 Å². The SMILES string of the molecule is CCNC(=NCc1ccc(F)cc1CSC)NCC1(CS(C)(=O)=O)CC1. The Morgan fingerprint density at radius 1 is 1.31 bits per heavy atom. The van der Waals surface area contributed by atoms with Gasteiger partial charge in [0.2, 0.25) is 0 Å². The summed E-state index contributed by atoms with van der Waals surface area (Å²) in [7, 11) is -2.99. The molecule has 1 aliphatic carbocycles. The number of guanidine groups is 1. The predicted molar refractivity (Wildman–Crippen MR) is 108 cm³/mol. The first kappa shape index (κ1) is 21.0. The fourth-order valence-electron chi connectivity index (χ4n) is 2.92. The molecule has 2 rings (SSSR count). The van der Waals surface area contributed by atoms with E-state index in [4.69, 9.17) is 0 Å². The van der Waals surface area contributed by atoms with Crippen molar-refractivity contribution in [3.8, 4) is 0 Å². The number of nitrogens with one attached hydrogen (secondary N) is 2. The molecule has 26 heavy (non-hydrogen) atoms. The third-order valence-corrected chi connectivity index (χ3v) is 6.11. The van der Waals surface area contributed by atoms with Crippen LogP contribution in [0.15, 0.2) is 23.2 Å². The predicted octanol–water partition coefficient (Wildman–Crippen LogP) is 2.57. The molecule has 0 spiro atoms. The molecule has 0 saturated heterocycles. The van der Waals surface area contributed by atoms with Crippen molar-refractivity contribution in [3.05, 3.63) is 35.1 Å². The van der Waals surface area contributed by atoms with Crippen LogP contribution in [0.2, 0.25) is 0 Å². The Morgan fingerprint density at radius 2 is 2.04 bits per heavy atom. The van der Waals surface area contributed by atoms with Gasteiger partial charge in [0.05, 0.1) is 12.3 Å². The topological polar surface area (TPSA) is 70.6 Å². The quantitative estimate of drug-likeness (QED) is 0.492. The number of thioether (sulfide) groups is 1. The van der Waals surface area contributed by atoms with Crippen molar-refractivity contribution in [1.82, 2.24) is 10.6 Å². The molecule has 1 fully saturated rings. The summed E-state index contributed by atoms with van der Waals surface area (Å²) in [6.07, 6.45) is 5.11. The lowest BCUT2D eigenvalue weighted by atomic mass is 10.1. The summed E-state index contributed by atoms with van der Waals surface area (Å²) in [4.78, 5) is 4.60. The molecule has 0 atom stereocenters. The third kappa shape index (κ3) is 6.79. The van der Waals surface area contributed by atoms with Crippen LogP contribution in [0.1, 0.15) is 30.9 Å². The first-order valence-corrected chi connectivity index (χ1v) is 12.2. The molecular weight excluding hydrogens is 373 g/mol.